The standard InChI is InChI=1S/C14H12N2O3/c1-9(17)10-2-4-11(5-3-10)13(18)16-14-12(8-15)6-7-19-14/h2-5H,6-7H2,1H3,(H,16,18). The number of nitrogens with one attached hydrogen (secondary N) is 1. The Balaban J connectivity index is 2.13. The van der Waals surface area contributed by atoms with Gasteiger partial charge in [-0.1, -0.05) is 12.1 Å². The van der Waals surface area contributed by atoms with Crippen molar-refractivity contribution in [2.45, 2.75) is 13.3 Å². The first kappa shape index (κ1) is 12.8. The van der Waals surface area contributed by atoms with Gasteiger partial charge in [0.15, 0.2) is 5.78 Å². The van der Waals surface area contributed by atoms with Crippen LogP contribution in [0.1, 0.15) is 34.1 Å². The molecule has 1 aromatic carbocycles. The molecule has 0 saturated heterocycles. The number of rotatable bonds is 3. The van der Waals surface area contributed by atoms with Crippen molar-refractivity contribution in [3.8, 4) is 6.07 Å². The summed E-state index contributed by atoms with van der Waals surface area (Å²) in [5, 5.41) is 11.4. The van der Waals surface area contributed by atoms with E-state index in [2.05, 4.69) is 5.32 Å². The lowest BCUT2D eigenvalue weighted by molar-refractivity contribution is 0.0928. The monoisotopic (exact) mass is 256 g/mol. The average molecular weight is 256 g/mol. The van der Waals surface area contributed by atoms with Gasteiger partial charge in [0.05, 0.1) is 12.2 Å². The molecular weight excluding hydrogens is 244 g/mol. The molecule has 1 N–H and O–H groups in total. The predicted molar refractivity (Wildman–Crippen MR) is 67.1 cm³/mol. The Bertz CT molecular complexity index is 594. The van der Waals surface area contributed by atoms with Crippen molar-refractivity contribution in [1.82, 2.24) is 5.32 Å². The van der Waals surface area contributed by atoms with Crippen LogP contribution in [0.3, 0.4) is 0 Å². The van der Waals surface area contributed by atoms with E-state index in [0.29, 0.717) is 29.7 Å². The van der Waals surface area contributed by atoms with E-state index in [9.17, 15) is 9.59 Å². The first-order valence-corrected chi connectivity index (χ1v) is 5.80. The largest absolute Gasteiger partial charge is 0.478 e. The number of ether oxygens (including phenoxy) is 1. The fourth-order valence-electron chi connectivity index (χ4n) is 1.71. The lowest BCUT2D eigenvalue weighted by Gasteiger charge is -2.07. The van der Waals surface area contributed by atoms with Crippen LogP contribution in [0.2, 0.25) is 0 Å². The summed E-state index contributed by atoms with van der Waals surface area (Å²) in [6.45, 7) is 1.87. The zero-order chi connectivity index (χ0) is 13.8. The van der Waals surface area contributed by atoms with Crippen molar-refractivity contribution in [2.24, 2.45) is 0 Å². The number of ketones is 1. The summed E-state index contributed by atoms with van der Waals surface area (Å²) in [6, 6.07) is 8.30. The minimum atomic E-state index is -0.361. The summed E-state index contributed by atoms with van der Waals surface area (Å²) in [5.74, 6) is -0.191. The predicted octanol–water partition coefficient (Wildman–Crippen LogP) is 1.77. The molecule has 19 heavy (non-hydrogen) atoms. The van der Waals surface area contributed by atoms with Gasteiger partial charge >= 0.3 is 0 Å². The maximum absolute atomic E-state index is 11.9. The first-order valence-electron chi connectivity index (χ1n) is 5.80. The smallest absolute Gasteiger partial charge is 0.257 e. The fourth-order valence-corrected chi connectivity index (χ4v) is 1.71. The zero-order valence-corrected chi connectivity index (χ0v) is 10.4. The molecule has 0 bridgehead atoms. The highest BCUT2D eigenvalue weighted by molar-refractivity contribution is 5.98. The van der Waals surface area contributed by atoms with Crippen LogP contribution in [-0.2, 0) is 4.74 Å². The molecule has 0 aliphatic carbocycles. The van der Waals surface area contributed by atoms with Crippen LogP contribution in [-0.4, -0.2) is 18.3 Å². The van der Waals surface area contributed by atoms with E-state index < -0.39 is 0 Å². The normalized spacial score (nSPS) is 13.7. The van der Waals surface area contributed by atoms with Crippen molar-refractivity contribution in [2.75, 3.05) is 6.61 Å². The summed E-state index contributed by atoms with van der Waals surface area (Å²) in [7, 11) is 0. The number of amides is 1. The molecule has 0 spiro atoms. The van der Waals surface area contributed by atoms with Crippen molar-refractivity contribution in [3.63, 3.8) is 0 Å². The molecule has 1 aromatic rings. The number of nitrogens with zero attached hydrogens (tertiary/aromatic N) is 1. The molecule has 1 heterocycles. The molecule has 5 heteroatoms. The molecule has 0 saturated carbocycles. The van der Waals surface area contributed by atoms with Crippen LogP contribution in [0.4, 0.5) is 0 Å². The van der Waals surface area contributed by atoms with Crippen LogP contribution in [0.25, 0.3) is 0 Å². The fraction of sp³-hybridized carbons (Fsp3) is 0.214. The third kappa shape index (κ3) is 2.80. The number of nitriles is 1. The van der Waals surface area contributed by atoms with Crippen LogP contribution < -0.4 is 5.32 Å². The minimum Gasteiger partial charge on any atom is -0.478 e. The lowest BCUT2D eigenvalue weighted by Crippen LogP contribution is -2.23. The Morgan fingerprint density at radius 3 is 2.47 bits per heavy atom. The van der Waals surface area contributed by atoms with Crippen LogP contribution in [0, 0.1) is 11.3 Å². The Labute approximate surface area is 110 Å². The molecule has 96 valence electrons. The van der Waals surface area contributed by atoms with Gasteiger partial charge in [0.25, 0.3) is 5.91 Å². The van der Waals surface area contributed by atoms with Gasteiger partial charge in [0.1, 0.15) is 6.07 Å². The summed E-state index contributed by atoms with van der Waals surface area (Å²) in [6.07, 6.45) is 0.509. The van der Waals surface area contributed by atoms with E-state index in [1.165, 1.54) is 6.92 Å². The van der Waals surface area contributed by atoms with Gasteiger partial charge in [-0.05, 0) is 19.1 Å². The zero-order valence-electron chi connectivity index (χ0n) is 10.4. The topological polar surface area (TPSA) is 79.2 Å². The first-order chi connectivity index (χ1) is 9.11. The maximum Gasteiger partial charge on any atom is 0.257 e. The molecule has 0 fully saturated rings. The third-order valence-corrected chi connectivity index (χ3v) is 2.79. The Morgan fingerprint density at radius 1 is 1.26 bits per heavy atom. The summed E-state index contributed by atoms with van der Waals surface area (Å²) in [5.41, 5.74) is 1.39. The van der Waals surface area contributed by atoms with E-state index in [1.807, 2.05) is 6.07 Å². The summed E-state index contributed by atoms with van der Waals surface area (Å²) in [4.78, 5) is 23.0. The second-order valence-corrected chi connectivity index (χ2v) is 4.11. The van der Waals surface area contributed by atoms with Gasteiger partial charge in [-0.25, -0.2) is 0 Å². The molecule has 1 aliphatic rings. The molecule has 0 aromatic heterocycles. The van der Waals surface area contributed by atoms with Gasteiger partial charge in [-0.3, -0.25) is 14.9 Å². The maximum atomic E-state index is 11.9. The van der Waals surface area contributed by atoms with Crippen molar-refractivity contribution in [3.05, 3.63) is 46.8 Å². The van der Waals surface area contributed by atoms with Gasteiger partial charge in [-0.15, -0.1) is 0 Å². The number of Topliss-reactive ketones (excluding diaryl/α,β-unsaturated/α-hetero) is 1. The molecule has 2 rings (SSSR count). The second kappa shape index (κ2) is 5.36. The summed E-state index contributed by atoms with van der Waals surface area (Å²) >= 11 is 0. The third-order valence-electron chi connectivity index (χ3n) is 2.79. The lowest BCUT2D eigenvalue weighted by atomic mass is 10.1. The highest BCUT2D eigenvalue weighted by atomic mass is 16.5. The Morgan fingerprint density at radius 2 is 1.89 bits per heavy atom. The number of benzene rings is 1. The number of hydrogen-bond donors (Lipinski definition) is 1. The Kier molecular flexibility index (Phi) is 3.62. The van der Waals surface area contributed by atoms with E-state index in [0.717, 1.165) is 0 Å². The Hall–Kier alpha value is -2.61. The van der Waals surface area contributed by atoms with E-state index in [-0.39, 0.29) is 17.6 Å². The van der Waals surface area contributed by atoms with E-state index in [1.54, 1.807) is 24.3 Å². The highest BCUT2D eigenvalue weighted by Crippen LogP contribution is 2.16. The number of carbonyl (C=O) groups is 2. The minimum absolute atomic E-state index is 0.0550. The quantitative estimate of drug-likeness (QED) is 0.836. The van der Waals surface area contributed by atoms with Crippen molar-refractivity contribution < 1.29 is 14.3 Å². The number of hydrogen-bond acceptors (Lipinski definition) is 4. The van der Waals surface area contributed by atoms with E-state index >= 15 is 0 Å². The average Bonchev–Trinajstić information content (AvgIpc) is 2.86. The summed E-state index contributed by atoms with van der Waals surface area (Å²) < 4.78 is 5.18. The molecular formula is C14H12N2O3. The van der Waals surface area contributed by atoms with Crippen LogP contribution >= 0.6 is 0 Å². The van der Waals surface area contributed by atoms with Crippen molar-refractivity contribution >= 4 is 11.7 Å². The SMILES string of the molecule is CC(=O)c1ccc(C(=O)NC2=C(C#N)CCO2)cc1. The van der Waals surface area contributed by atoms with Gasteiger partial charge in [-0.2, -0.15) is 5.26 Å². The molecule has 0 radical (unpaired) electrons. The highest BCUT2D eigenvalue weighted by Gasteiger charge is 2.18. The molecule has 1 amide bonds. The van der Waals surface area contributed by atoms with Gasteiger partial charge in [0, 0.05) is 17.5 Å². The molecule has 0 atom stereocenters. The molecule has 1 aliphatic heterocycles. The van der Waals surface area contributed by atoms with E-state index in [4.69, 9.17) is 10.00 Å². The van der Waals surface area contributed by atoms with Gasteiger partial charge < -0.3 is 4.74 Å². The van der Waals surface area contributed by atoms with Gasteiger partial charge in [0.2, 0.25) is 5.88 Å². The molecule has 5 nitrogen and oxygen atoms in total. The second-order valence-electron chi connectivity index (χ2n) is 4.11. The number of carbonyl (C=O) groups excluding carboxylic acids is 2. The van der Waals surface area contributed by atoms with Crippen LogP contribution in [0.5, 0.6) is 0 Å². The van der Waals surface area contributed by atoms with Crippen molar-refractivity contribution in [1.29, 1.82) is 5.26 Å². The molecule has 0 unspecified atom stereocenters. The van der Waals surface area contributed by atoms with Crippen LogP contribution in [0.15, 0.2) is 35.7 Å².